The van der Waals surface area contributed by atoms with Crippen LogP contribution in [-0.2, 0) is 4.79 Å². The topological polar surface area (TPSA) is 36.4 Å². The fourth-order valence-electron chi connectivity index (χ4n) is 3.19. The molecule has 0 spiro atoms. The zero-order valence-corrected chi connectivity index (χ0v) is 17.1. The minimum Gasteiger partial charge on any atom is -0.345 e. The van der Waals surface area contributed by atoms with Crippen LogP contribution in [0.4, 0.5) is 5.13 Å². The maximum atomic E-state index is 12.5. The number of hydrogen-bond donors (Lipinski definition) is 0. The lowest BCUT2D eigenvalue weighted by Gasteiger charge is -2.34. The van der Waals surface area contributed by atoms with E-state index in [2.05, 4.69) is 54.3 Å². The fourth-order valence-corrected chi connectivity index (χ4v) is 5.05. The maximum Gasteiger partial charge on any atom is 0.223 e. The van der Waals surface area contributed by atoms with Gasteiger partial charge in [-0.25, -0.2) is 4.98 Å². The summed E-state index contributed by atoms with van der Waals surface area (Å²) in [5.74, 6) is 1.10. The maximum absolute atomic E-state index is 12.5. The van der Waals surface area contributed by atoms with Crippen LogP contribution >= 0.6 is 23.1 Å². The Morgan fingerprint density at radius 1 is 1.07 bits per heavy atom. The van der Waals surface area contributed by atoms with Crippen molar-refractivity contribution >= 4 is 44.4 Å². The van der Waals surface area contributed by atoms with E-state index >= 15 is 0 Å². The van der Waals surface area contributed by atoms with Crippen molar-refractivity contribution < 1.29 is 4.79 Å². The number of benzene rings is 2. The summed E-state index contributed by atoms with van der Waals surface area (Å²) in [7, 11) is 0. The highest BCUT2D eigenvalue weighted by Crippen LogP contribution is 2.29. The molecule has 1 aliphatic heterocycles. The van der Waals surface area contributed by atoms with Crippen molar-refractivity contribution in [1.29, 1.82) is 0 Å². The summed E-state index contributed by atoms with van der Waals surface area (Å²) in [4.78, 5) is 22.8. The Morgan fingerprint density at radius 2 is 1.81 bits per heavy atom. The first kappa shape index (κ1) is 18.3. The average molecular weight is 398 g/mol. The molecule has 0 radical (unpaired) electrons. The summed E-state index contributed by atoms with van der Waals surface area (Å²) >= 11 is 3.49. The zero-order chi connectivity index (χ0) is 18.6. The quantitative estimate of drug-likeness (QED) is 0.597. The molecule has 0 atom stereocenters. The van der Waals surface area contributed by atoms with Gasteiger partial charge in [-0.15, -0.1) is 11.8 Å². The molecule has 3 aromatic rings. The van der Waals surface area contributed by atoms with Crippen molar-refractivity contribution in [2.75, 3.05) is 36.8 Å². The first-order valence-electron chi connectivity index (χ1n) is 9.27. The van der Waals surface area contributed by atoms with Gasteiger partial charge in [-0.05, 0) is 31.2 Å². The lowest BCUT2D eigenvalue weighted by atomic mass is 10.2. The number of piperazine rings is 1. The third-order valence-corrected chi connectivity index (χ3v) is 6.90. The molecule has 1 aliphatic rings. The Hall–Kier alpha value is -2.05. The van der Waals surface area contributed by atoms with Crippen molar-refractivity contribution in [1.82, 2.24) is 9.88 Å². The lowest BCUT2D eigenvalue weighted by Crippen LogP contribution is -2.48. The van der Waals surface area contributed by atoms with E-state index in [0.717, 1.165) is 42.6 Å². The molecule has 0 N–H and O–H groups in total. The summed E-state index contributed by atoms with van der Waals surface area (Å²) < 4.78 is 1.22. The summed E-state index contributed by atoms with van der Waals surface area (Å²) in [6.07, 6.45) is 0.597. The molecule has 2 heterocycles. The van der Waals surface area contributed by atoms with Crippen LogP contribution in [0.25, 0.3) is 10.2 Å². The average Bonchev–Trinajstić information content (AvgIpc) is 3.14. The number of nitrogens with zero attached hydrogens (tertiary/aromatic N) is 3. The number of anilines is 1. The van der Waals surface area contributed by atoms with Crippen molar-refractivity contribution in [3.63, 3.8) is 0 Å². The summed E-state index contributed by atoms with van der Waals surface area (Å²) in [6, 6.07) is 16.7. The van der Waals surface area contributed by atoms with Gasteiger partial charge in [-0.3, -0.25) is 4.79 Å². The molecule has 0 bridgehead atoms. The molecule has 1 amide bonds. The van der Waals surface area contributed by atoms with Gasteiger partial charge in [-0.2, -0.15) is 0 Å². The zero-order valence-electron chi connectivity index (χ0n) is 15.4. The second-order valence-electron chi connectivity index (χ2n) is 6.74. The molecule has 0 aliphatic carbocycles. The number of fused-ring (bicyclic) bond motifs is 1. The summed E-state index contributed by atoms with van der Waals surface area (Å²) in [5.41, 5.74) is 2.32. The molecule has 1 saturated heterocycles. The smallest absolute Gasteiger partial charge is 0.223 e. The normalized spacial score (nSPS) is 14.7. The number of carbonyl (C=O) groups excluding carboxylic acids is 1. The van der Waals surface area contributed by atoms with Crippen molar-refractivity contribution in [3.8, 4) is 0 Å². The number of carbonyl (C=O) groups is 1. The lowest BCUT2D eigenvalue weighted by molar-refractivity contribution is -0.131. The van der Waals surface area contributed by atoms with Crippen LogP contribution in [-0.4, -0.2) is 47.7 Å². The first-order valence-corrected chi connectivity index (χ1v) is 11.1. The monoisotopic (exact) mass is 397 g/mol. The van der Waals surface area contributed by atoms with Crippen LogP contribution < -0.4 is 4.90 Å². The Kier molecular flexibility index (Phi) is 5.64. The predicted molar refractivity (Wildman–Crippen MR) is 115 cm³/mol. The van der Waals surface area contributed by atoms with Gasteiger partial charge >= 0.3 is 0 Å². The minimum absolute atomic E-state index is 0.263. The van der Waals surface area contributed by atoms with Gasteiger partial charge in [0.1, 0.15) is 0 Å². The van der Waals surface area contributed by atoms with E-state index in [1.165, 1.54) is 15.2 Å². The largest absolute Gasteiger partial charge is 0.345 e. The Bertz CT molecular complexity index is 882. The third kappa shape index (κ3) is 4.45. The SMILES string of the molecule is Cc1ccc(SCCC(=O)N2CCN(c3nc4ccccc4s3)CC2)cc1. The fraction of sp³-hybridized carbons (Fsp3) is 0.333. The van der Waals surface area contributed by atoms with Crippen molar-refractivity contribution in [2.24, 2.45) is 0 Å². The van der Waals surface area contributed by atoms with E-state index in [4.69, 9.17) is 4.98 Å². The third-order valence-electron chi connectivity index (χ3n) is 4.79. The Labute approximate surface area is 168 Å². The molecular weight excluding hydrogens is 374 g/mol. The molecule has 4 rings (SSSR count). The van der Waals surface area contributed by atoms with E-state index in [-0.39, 0.29) is 5.91 Å². The number of aromatic nitrogens is 1. The molecule has 140 valence electrons. The molecule has 4 nitrogen and oxygen atoms in total. The highest BCUT2D eigenvalue weighted by molar-refractivity contribution is 7.99. The van der Waals surface area contributed by atoms with Crippen LogP contribution in [0.2, 0.25) is 0 Å². The highest BCUT2D eigenvalue weighted by atomic mass is 32.2. The van der Waals surface area contributed by atoms with Crippen LogP contribution in [0.3, 0.4) is 0 Å². The van der Waals surface area contributed by atoms with Crippen LogP contribution in [0.15, 0.2) is 53.4 Å². The second-order valence-corrected chi connectivity index (χ2v) is 8.92. The van der Waals surface area contributed by atoms with Gasteiger partial charge < -0.3 is 9.80 Å². The van der Waals surface area contributed by atoms with E-state index in [1.54, 1.807) is 23.1 Å². The summed E-state index contributed by atoms with van der Waals surface area (Å²) in [6.45, 7) is 5.37. The second kappa shape index (κ2) is 8.31. The van der Waals surface area contributed by atoms with E-state index in [0.29, 0.717) is 6.42 Å². The Morgan fingerprint density at radius 3 is 2.56 bits per heavy atom. The predicted octanol–water partition coefficient (Wildman–Crippen LogP) is 4.44. The van der Waals surface area contributed by atoms with Crippen LogP contribution in [0.1, 0.15) is 12.0 Å². The van der Waals surface area contributed by atoms with Gasteiger partial charge in [0, 0.05) is 43.2 Å². The number of para-hydroxylation sites is 1. The number of rotatable bonds is 5. The molecule has 0 saturated carbocycles. The molecule has 2 aromatic carbocycles. The van der Waals surface area contributed by atoms with Crippen molar-refractivity contribution in [3.05, 3.63) is 54.1 Å². The highest BCUT2D eigenvalue weighted by Gasteiger charge is 2.22. The molecule has 1 fully saturated rings. The molecule has 27 heavy (non-hydrogen) atoms. The van der Waals surface area contributed by atoms with Gasteiger partial charge in [0.2, 0.25) is 5.91 Å². The molecule has 6 heteroatoms. The van der Waals surface area contributed by atoms with Crippen LogP contribution in [0.5, 0.6) is 0 Å². The molecular formula is C21H23N3OS2. The molecule has 0 unspecified atom stereocenters. The number of thiazole rings is 1. The van der Waals surface area contributed by atoms with Gasteiger partial charge in [0.05, 0.1) is 10.2 Å². The molecule has 1 aromatic heterocycles. The van der Waals surface area contributed by atoms with E-state index in [1.807, 2.05) is 11.0 Å². The number of amides is 1. The van der Waals surface area contributed by atoms with E-state index in [9.17, 15) is 4.79 Å². The van der Waals surface area contributed by atoms with Crippen LogP contribution in [0, 0.1) is 6.92 Å². The number of aryl methyl sites for hydroxylation is 1. The van der Waals surface area contributed by atoms with Gasteiger partial charge in [0.15, 0.2) is 5.13 Å². The Balaban J connectivity index is 1.25. The van der Waals surface area contributed by atoms with E-state index < -0.39 is 0 Å². The van der Waals surface area contributed by atoms with Gasteiger partial charge in [-0.1, -0.05) is 41.2 Å². The minimum atomic E-state index is 0.263. The van der Waals surface area contributed by atoms with Crippen molar-refractivity contribution in [2.45, 2.75) is 18.2 Å². The van der Waals surface area contributed by atoms with Gasteiger partial charge in [0.25, 0.3) is 0 Å². The number of hydrogen-bond acceptors (Lipinski definition) is 5. The standard InChI is InChI=1S/C21H23N3OS2/c1-16-6-8-17(9-7-16)26-15-10-20(25)23-11-13-24(14-12-23)21-22-18-4-2-3-5-19(18)27-21/h2-9H,10-15H2,1H3. The first-order chi connectivity index (χ1) is 13.2. The number of thioether (sulfide) groups is 1. The summed E-state index contributed by atoms with van der Waals surface area (Å²) in [5, 5.41) is 1.07.